The first-order chi connectivity index (χ1) is 16.4. The molecule has 0 bridgehead atoms. The van der Waals surface area contributed by atoms with Gasteiger partial charge in [-0.3, -0.25) is 19.4 Å². The minimum absolute atomic E-state index is 0.445. The zero-order valence-electron chi connectivity index (χ0n) is 18.6. The molecule has 0 aliphatic carbocycles. The topological polar surface area (TPSA) is 73.3 Å². The second kappa shape index (κ2) is 7.91. The molecular weight excluding hydrogens is 435 g/mol. The van der Waals surface area contributed by atoms with Crippen molar-refractivity contribution in [3.8, 4) is 0 Å². The second-order valence-electron chi connectivity index (χ2n) is 8.26. The molecule has 1 spiro atoms. The number of benzene rings is 3. The van der Waals surface area contributed by atoms with Gasteiger partial charge < -0.3 is 0 Å². The van der Waals surface area contributed by atoms with Crippen LogP contribution in [0.1, 0.15) is 17.0 Å². The quantitative estimate of drug-likeness (QED) is 0.565. The standard InChI is InChI=1S/C26H21FN4O3/c1-29-23(32)26(24(33)30(2)25(29)34)21(17-13-15-19(27)16-14-17)22(18-9-5-3-6-10-18)28-31(26)20-11-7-4-8-12-20/h3-16,21H,1-2H3. The molecule has 5 rings (SSSR count). The number of rotatable bonds is 3. The normalized spacial score (nSPS) is 19.7. The van der Waals surface area contributed by atoms with Gasteiger partial charge in [-0.1, -0.05) is 60.7 Å². The van der Waals surface area contributed by atoms with Crippen LogP contribution >= 0.6 is 0 Å². The van der Waals surface area contributed by atoms with Gasteiger partial charge in [0.25, 0.3) is 11.8 Å². The summed E-state index contributed by atoms with van der Waals surface area (Å²) in [6.45, 7) is 0. The SMILES string of the molecule is CN1C(=O)N(C)C(=O)C2(C1=O)C(c1ccc(F)cc1)C(c1ccccc1)=NN2c1ccccc1. The highest BCUT2D eigenvalue weighted by atomic mass is 19.1. The number of anilines is 1. The molecule has 0 N–H and O–H groups in total. The summed E-state index contributed by atoms with van der Waals surface area (Å²) in [6, 6.07) is 23.0. The Labute approximate surface area is 195 Å². The number of para-hydroxylation sites is 1. The lowest BCUT2D eigenvalue weighted by molar-refractivity contribution is -0.150. The Morgan fingerprint density at radius 3 is 1.85 bits per heavy atom. The summed E-state index contributed by atoms with van der Waals surface area (Å²) in [5.41, 5.74) is 0.298. The molecule has 2 aliphatic rings. The number of halogens is 1. The highest BCUT2D eigenvalue weighted by Gasteiger charge is 2.68. The summed E-state index contributed by atoms with van der Waals surface area (Å²) in [7, 11) is 2.70. The van der Waals surface area contributed by atoms with E-state index in [-0.39, 0.29) is 0 Å². The van der Waals surface area contributed by atoms with E-state index in [0.29, 0.717) is 22.5 Å². The lowest BCUT2D eigenvalue weighted by atomic mass is 9.72. The van der Waals surface area contributed by atoms with Crippen LogP contribution < -0.4 is 5.01 Å². The van der Waals surface area contributed by atoms with Crippen molar-refractivity contribution in [2.45, 2.75) is 11.5 Å². The summed E-state index contributed by atoms with van der Waals surface area (Å²) < 4.78 is 13.9. The second-order valence-corrected chi connectivity index (χ2v) is 8.26. The van der Waals surface area contributed by atoms with E-state index >= 15 is 0 Å². The van der Waals surface area contributed by atoms with Crippen LogP contribution in [0, 0.1) is 5.82 Å². The number of likely N-dealkylation sites (N-methyl/N-ethyl adjacent to an activating group) is 2. The maximum absolute atomic E-state index is 14.0. The maximum Gasteiger partial charge on any atom is 0.333 e. The Kier molecular flexibility index (Phi) is 5.01. The van der Waals surface area contributed by atoms with Crippen molar-refractivity contribution in [2.75, 3.05) is 19.1 Å². The average molecular weight is 456 g/mol. The largest absolute Gasteiger partial charge is 0.333 e. The molecule has 0 radical (unpaired) electrons. The first-order valence-corrected chi connectivity index (χ1v) is 10.7. The number of nitrogens with zero attached hydrogens (tertiary/aromatic N) is 4. The minimum atomic E-state index is -1.91. The number of barbiturate groups is 1. The van der Waals surface area contributed by atoms with E-state index in [4.69, 9.17) is 5.10 Å². The molecule has 2 aliphatic heterocycles. The summed E-state index contributed by atoms with van der Waals surface area (Å²) >= 11 is 0. The van der Waals surface area contributed by atoms with Gasteiger partial charge in [0.05, 0.1) is 17.3 Å². The zero-order chi connectivity index (χ0) is 24.0. The fraction of sp³-hybridized carbons (Fsp3) is 0.154. The van der Waals surface area contributed by atoms with Crippen molar-refractivity contribution in [1.29, 1.82) is 0 Å². The molecule has 7 nitrogen and oxygen atoms in total. The summed E-state index contributed by atoms with van der Waals surface area (Å²) in [5, 5.41) is 6.24. The van der Waals surface area contributed by atoms with Crippen molar-refractivity contribution >= 4 is 29.2 Å². The van der Waals surface area contributed by atoms with Gasteiger partial charge in [-0.2, -0.15) is 5.10 Å². The van der Waals surface area contributed by atoms with Gasteiger partial charge in [0.1, 0.15) is 5.82 Å². The smallest absolute Gasteiger partial charge is 0.271 e. The van der Waals surface area contributed by atoms with Crippen LogP contribution in [0.3, 0.4) is 0 Å². The highest BCUT2D eigenvalue weighted by Crippen LogP contribution is 2.48. The number of hydrogen-bond acceptors (Lipinski definition) is 5. The number of amides is 4. The molecule has 1 fully saturated rings. The molecule has 0 saturated carbocycles. The number of imide groups is 2. The van der Waals surface area contributed by atoms with Gasteiger partial charge in [-0.15, -0.1) is 0 Å². The summed E-state index contributed by atoms with van der Waals surface area (Å²) in [6.07, 6.45) is 0. The number of carbonyl (C=O) groups is 3. The van der Waals surface area contributed by atoms with Crippen LogP contribution in [0.5, 0.6) is 0 Å². The van der Waals surface area contributed by atoms with E-state index in [1.165, 1.54) is 31.2 Å². The zero-order valence-corrected chi connectivity index (χ0v) is 18.6. The monoisotopic (exact) mass is 456 g/mol. The van der Waals surface area contributed by atoms with Gasteiger partial charge in [-0.05, 0) is 35.4 Å². The van der Waals surface area contributed by atoms with E-state index in [9.17, 15) is 18.8 Å². The Morgan fingerprint density at radius 1 is 0.765 bits per heavy atom. The lowest BCUT2D eigenvalue weighted by Crippen LogP contribution is -2.73. The van der Waals surface area contributed by atoms with Crippen molar-refractivity contribution < 1.29 is 18.8 Å². The third-order valence-corrected chi connectivity index (χ3v) is 6.34. The molecule has 1 atom stereocenters. The van der Waals surface area contributed by atoms with Gasteiger partial charge in [0.15, 0.2) is 0 Å². The first kappa shape index (κ1) is 21.5. The number of carbonyl (C=O) groups excluding carboxylic acids is 3. The molecule has 170 valence electrons. The van der Waals surface area contributed by atoms with Gasteiger partial charge in [0.2, 0.25) is 5.54 Å². The number of urea groups is 1. The predicted octanol–water partition coefficient (Wildman–Crippen LogP) is 3.62. The molecular formula is C26H21FN4O3. The summed E-state index contributed by atoms with van der Waals surface area (Å²) in [4.78, 5) is 42.5. The fourth-order valence-corrected chi connectivity index (χ4v) is 4.71. The minimum Gasteiger partial charge on any atom is -0.271 e. The Hall–Kier alpha value is -4.33. The van der Waals surface area contributed by atoms with E-state index in [1.54, 1.807) is 36.4 Å². The van der Waals surface area contributed by atoms with Crippen molar-refractivity contribution in [1.82, 2.24) is 9.80 Å². The highest BCUT2D eigenvalue weighted by molar-refractivity contribution is 6.30. The van der Waals surface area contributed by atoms with Crippen LogP contribution in [0.15, 0.2) is 90.0 Å². The van der Waals surface area contributed by atoms with E-state index in [2.05, 4.69) is 0 Å². The Bertz CT molecular complexity index is 1280. The molecule has 2 heterocycles. The van der Waals surface area contributed by atoms with Crippen LogP contribution in [-0.4, -0.2) is 53.0 Å². The van der Waals surface area contributed by atoms with Crippen LogP contribution in [0.4, 0.5) is 14.9 Å². The van der Waals surface area contributed by atoms with E-state index in [1.807, 2.05) is 36.4 Å². The molecule has 0 aromatic heterocycles. The Balaban J connectivity index is 1.85. The molecule has 3 aromatic carbocycles. The van der Waals surface area contributed by atoms with Crippen molar-refractivity contribution in [2.24, 2.45) is 5.10 Å². The summed E-state index contributed by atoms with van der Waals surface area (Å²) in [5.74, 6) is -2.75. The third-order valence-electron chi connectivity index (χ3n) is 6.34. The van der Waals surface area contributed by atoms with Gasteiger partial charge >= 0.3 is 6.03 Å². The van der Waals surface area contributed by atoms with E-state index < -0.39 is 35.1 Å². The molecule has 3 aromatic rings. The predicted molar refractivity (Wildman–Crippen MR) is 125 cm³/mol. The average Bonchev–Trinajstić information content (AvgIpc) is 3.24. The maximum atomic E-state index is 14.0. The molecule has 34 heavy (non-hydrogen) atoms. The van der Waals surface area contributed by atoms with Gasteiger partial charge in [0, 0.05) is 14.1 Å². The van der Waals surface area contributed by atoms with Crippen LogP contribution in [-0.2, 0) is 9.59 Å². The fourth-order valence-electron chi connectivity index (χ4n) is 4.71. The Morgan fingerprint density at radius 2 is 1.29 bits per heavy atom. The number of hydrazone groups is 1. The first-order valence-electron chi connectivity index (χ1n) is 10.7. The van der Waals surface area contributed by atoms with Gasteiger partial charge in [-0.25, -0.2) is 14.2 Å². The third kappa shape index (κ3) is 2.95. The number of hydrogen-bond donors (Lipinski definition) is 0. The van der Waals surface area contributed by atoms with Crippen molar-refractivity contribution in [3.05, 3.63) is 102 Å². The molecule has 1 saturated heterocycles. The van der Waals surface area contributed by atoms with Crippen LogP contribution in [0.25, 0.3) is 0 Å². The molecule has 8 heteroatoms. The van der Waals surface area contributed by atoms with Crippen molar-refractivity contribution in [3.63, 3.8) is 0 Å². The van der Waals surface area contributed by atoms with Crippen LogP contribution in [0.2, 0.25) is 0 Å². The van der Waals surface area contributed by atoms with E-state index in [0.717, 1.165) is 9.80 Å². The molecule has 4 amide bonds. The lowest BCUT2D eigenvalue weighted by Gasteiger charge is -2.46. The molecule has 1 unspecified atom stereocenters.